The Morgan fingerprint density at radius 1 is 1.19 bits per heavy atom. The van der Waals surface area contributed by atoms with Crippen molar-refractivity contribution in [3.8, 4) is 11.3 Å². The van der Waals surface area contributed by atoms with Crippen LogP contribution in [0.1, 0.15) is 16.1 Å². The van der Waals surface area contributed by atoms with Crippen LogP contribution in [0.25, 0.3) is 22.3 Å². The molecule has 9 nitrogen and oxygen atoms in total. The molecule has 164 valence electrons. The van der Waals surface area contributed by atoms with Gasteiger partial charge in [0.1, 0.15) is 0 Å². The smallest absolute Gasteiger partial charge is 0.252 e. The lowest BCUT2D eigenvalue weighted by Gasteiger charge is -2.26. The lowest BCUT2D eigenvalue weighted by atomic mass is 10.0. The van der Waals surface area contributed by atoms with E-state index >= 15 is 0 Å². The van der Waals surface area contributed by atoms with Gasteiger partial charge < -0.3 is 10.1 Å². The number of fused-ring (bicyclic) bond motifs is 1. The summed E-state index contributed by atoms with van der Waals surface area (Å²) in [6.07, 6.45) is 0. The standard InChI is InChI=1S/C21H25N5O4S/c1-15-19-17(21(27)22-8-13-31(28,29)26-9-11-30-12-10-26)14-18(16-6-4-3-5-7-16)23-20(19)25(2)24-15/h3-7,14H,8-13H2,1-2H3,(H,22,27). The number of pyridine rings is 1. The van der Waals surface area contributed by atoms with Gasteiger partial charge in [-0.1, -0.05) is 30.3 Å². The van der Waals surface area contributed by atoms with E-state index in [2.05, 4.69) is 10.4 Å². The summed E-state index contributed by atoms with van der Waals surface area (Å²) in [4.78, 5) is 17.8. The van der Waals surface area contributed by atoms with Crippen molar-refractivity contribution in [2.24, 2.45) is 7.05 Å². The zero-order chi connectivity index (χ0) is 22.0. The highest BCUT2D eigenvalue weighted by atomic mass is 32.2. The Hall–Kier alpha value is -2.82. The molecule has 1 aromatic carbocycles. The van der Waals surface area contributed by atoms with Crippen LogP contribution in [0.15, 0.2) is 36.4 Å². The molecule has 1 aliphatic rings. The van der Waals surface area contributed by atoms with E-state index in [-0.39, 0.29) is 18.2 Å². The number of carbonyl (C=O) groups excluding carboxylic acids is 1. The monoisotopic (exact) mass is 443 g/mol. The molecule has 0 atom stereocenters. The third-order valence-electron chi connectivity index (χ3n) is 5.29. The first-order valence-electron chi connectivity index (χ1n) is 10.1. The Bertz CT molecular complexity index is 1200. The molecular weight excluding hydrogens is 418 g/mol. The van der Waals surface area contributed by atoms with Gasteiger partial charge in [0.2, 0.25) is 10.0 Å². The predicted molar refractivity (Wildman–Crippen MR) is 117 cm³/mol. The summed E-state index contributed by atoms with van der Waals surface area (Å²) in [5, 5.41) is 7.83. The van der Waals surface area contributed by atoms with Crippen LogP contribution >= 0.6 is 0 Å². The molecule has 1 fully saturated rings. The van der Waals surface area contributed by atoms with Crippen molar-refractivity contribution in [3.63, 3.8) is 0 Å². The van der Waals surface area contributed by atoms with E-state index in [4.69, 9.17) is 9.72 Å². The number of rotatable bonds is 6. The molecule has 0 unspecified atom stereocenters. The van der Waals surface area contributed by atoms with Gasteiger partial charge in [0.15, 0.2) is 5.65 Å². The quantitative estimate of drug-likeness (QED) is 0.616. The van der Waals surface area contributed by atoms with Crippen molar-refractivity contribution < 1.29 is 17.9 Å². The maximum Gasteiger partial charge on any atom is 0.252 e. The third-order valence-corrected chi connectivity index (χ3v) is 7.16. The van der Waals surface area contributed by atoms with Crippen LogP contribution in [0.4, 0.5) is 0 Å². The lowest BCUT2D eigenvalue weighted by molar-refractivity contribution is 0.0730. The van der Waals surface area contributed by atoms with E-state index in [1.54, 1.807) is 17.8 Å². The van der Waals surface area contributed by atoms with Crippen LogP contribution in [-0.2, 0) is 21.8 Å². The molecule has 0 bridgehead atoms. The molecule has 31 heavy (non-hydrogen) atoms. The van der Waals surface area contributed by atoms with Crippen LogP contribution in [0, 0.1) is 6.92 Å². The molecule has 0 radical (unpaired) electrons. The van der Waals surface area contributed by atoms with E-state index in [1.165, 1.54) is 4.31 Å². The molecule has 1 amide bonds. The number of nitrogens with one attached hydrogen (secondary N) is 1. The Kier molecular flexibility index (Phi) is 6.03. The highest BCUT2D eigenvalue weighted by Crippen LogP contribution is 2.26. The Morgan fingerprint density at radius 2 is 1.90 bits per heavy atom. The summed E-state index contributed by atoms with van der Waals surface area (Å²) in [6.45, 7) is 3.31. The number of hydrogen-bond acceptors (Lipinski definition) is 6. The number of ether oxygens (including phenoxy) is 1. The second kappa shape index (κ2) is 8.74. The third kappa shape index (κ3) is 4.46. The number of benzene rings is 1. The summed E-state index contributed by atoms with van der Waals surface area (Å²) in [5.41, 5.74) is 3.26. The fourth-order valence-electron chi connectivity index (χ4n) is 3.72. The minimum atomic E-state index is -3.45. The second-order valence-electron chi connectivity index (χ2n) is 7.41. The summed E-state index contributed by atoms with van der Waals surface area (Å²) in [7, 11) is -1.66. The first-order chi connectivity index (χ1) is 14.9. The van der Waals surface area contributed by atoms with Gasteiger partial charge in [-0.3, -0.25) is 9.48 Å². The van der Waals surface area contributed by atoms with Crippen molar-refractivity contribution in [1.82, 2.24) is 24.4 Å². The van der Waals surface area contributed by atoms with Crippen LogP contribution in [0.5, 0.6) is 0 Å². The summed E-state index contributed by atoms with van der Waals surface area (Å²) >= 11 is 0. The van der Waals surface area contributed by atoms with Gasteiger partial charge in [0.05, 0.1) is 41.3 Å². The van der Waals surface area contributed by atoms with Gasteiger partial charge in [-0.15, -0.1) is 0 Å². The van der Waals surface area contributed by atoms with Gasteiger partial charge in [-0.05, 0) is 13.0 Å². The maximum atomic E-state index is 13.1. The van der Waals surface area contributed by atoms with Gasteiger partial charge in [0, 0.05) is 32.2 Å². The van der Waals surface area contributed by atoms with Gasteiger partial charge >= 0.3 is 0 Å². The zero-order valence-corrected chi connectivity index (χ0v) is 18.4. The topological polar surface area (TPSA) is 106 Å². The van der Waals surface area contributed by atoms with Crippen LogP contribution in [0.2, 0.25) is 0 Å². The van der Waals surface area contributed by atoms with E-state index in [1.807, 2.05) is 37.3 Å². The van der Waals surface area contributed by atoms with E-state index in [0.29, 0.717) is 54.3 Å². The highest BCUT2D eigenvalue weighted by molar-refractivity contribution is 7.89. The van der Waals surface area contributed by atoms with Crippen molar-refractivity contribution in [3.05, 3.63) is 47.7 Å². The predicted octanol–water partition coefficient (Wildman–Crippen LogP) is 1.34. The van der Waals surface area contributed by atoms with E-state index in [0.717, 1.165) is 5.56 Å². The van der Waals surface area contributed by atoms with Gasteiger partial charge in [-0.25, -0.2) is 13.4 Å². The SMILES string of the molecule is Cc1nn(C)c2nc(-c3ccccc3)cc(C(=O)NCCS(=O)(=O)N3CCOCC3)c12. The number of amides is 1. The van der Waals surface area contributed by atoms with Crippen LogP contribution in [-0.4, -0.2) is 72.0 Å². The molecule has 3 aromatic rings. The summed E-state index contributed by atoms with van der Waals surface area (Å²) < 4.78 is 33.3. The second-order valence-corrected chi connectivity index (χ2v) is 9.50. The number of aromatic nitrogens is 3. The Balaban J connectivity index is 1.58. The van der Waals surface area contributed by atoms with E-state index < -0.39 is 10.0 Å². The number of sulfonamides is 1. The minimum absolute atomic E-state index is 0.0162. The number of morpholine rings is 1. The number of hydrogen-bond donors (Lipinski definition) is 1. The number of nitrogens with zero attached hydrogens (tertiary/aromatic N) is 4. The largest absolute Gasteiger partial charge is 0.379 e. The molecule has 0 aliphatic carbocycles. The fourth-order valence-corrected chi connectivity index (χ4v) is 5.05. The van der Waals surface area contributed by atoms with Gasteiger partial charge in [-0.2, -0.15) is 9.40 Å². The average molecular weight is 444 g/mol. The zero-order valence-electron chi connectivity index (χ0n) is 17.5. The Labute approximate surface area is 181 Å². The molecule has 3 heterocycles. The first-order valence-corrected chi connectivity index (χ1v) is 11.7. The normalized spacial score (nSPS) is 15.3. The van der Waals surface area contributed by atoms with Gasteiger partial charge in [0.25, 0.3) is 5.91 Å². The van der Waals surface area contributed by atoms with Crippen molar-refractivity contribution in [2.45, 2.75) is 6.92 Å². The fraction of sp³-hybridized carbons (Fsp3) is 0.381. The number of aryl methyl sites for hydroxylation is 2. The Morgan fingerprint density at radius 3 is 2.61 bits per heavy atom. The van der Waals surface area contributed by atoms with Crippen LogP contribution < -0.4 is 5.32 Å². The average Bonchev–Trinajstić information content (AvgIpc) is 3.07. The van der Waals surface area contributed by atoms with E-state index in [9.17, 15) is 13.2 Å². The van der Waals surface area contributed by atoms with Crippen molar-refractivity contribution in [2.75, 3.05) is 38.6 Å². The first kappa shape index (κ1) is 21.4. The number of carbonyl (C=O) groups is 1. The molecular formula is C21H25N5O4S. The molecule has 4 rings (SSSR count). The van der Waals surface area contributed by atoms with Crippen molar-refractivity contribution in [1.29, 1.82) is 0 Å². The molecule has 0 spiro atoms. The minimum Gasteiger partial charge on any atom is -0.379 e. The summed E-state index contributed by atoms with van der Waals surface area (Å²) in [5.74, 6) is -0.511. The lowest BCUT2D eigenvalue weighted by Crippen LogP contribution is -2.43. The molecule has 1 saturated heterocycles. The molecule has 0 saturated carbocycles. The highest BCUT2D eigenvalue weighted by Gasteiger charge is 2.25. The van der Waals surface area contributed by atoms with Crippen LogP contribution in [0.3, 0.4) is 0 Å². The maximum absolute atomic E-state index is 13.1. The van der Waals surface area contributed by atoms with Crippen molar-refractivity contribution >= 4 is 27.0 Å². The summed E-state index contributed by atoms with van der Waals surface area (Å²) in [6, 6.07) is 11.3. The molecule has 1 N–H and O–H groups in total. The molecule has 10 heteroatoms. The molecule has 1 aliphatic heterocycles. The molecule has 2 aromatic heterocycles.